The topological polar surface area (TPSA) is 119 Å². The largest absolute Gasteiger partial charge is 0.493 e. The Morgan fingerprint density at radius 1 is 1.28 bits per heavy atom. The van der Waals surface area contributed by atoms with E-state index in [0.29, 0.717) is 12.1 Å². The number of hydrogen-bond acceptors (Lipinski definition) is 7. The number of benzene rings is 2. The molecule has 170 valence electrons. The molecule has 9 nitrogen and oxygen atoms in total. The van der Waals surface area contributed by atoms with Gasteiger partial charge in [0.05, 0.1) is 49.0 Å². The molecule has 3 amide bonds. The molecule has 0 aliphatic carbocycles. The number of anilines is 1. The van der Waals surface area contributed by atoms with Crippen LogP contribution in [0.4, 0.5) is 5.69 Å². The smallest absolute Gasteiger partial charge is 0.264 e. The van der Waals surface area contributed by atoms with E-state index < -0.39 is 94.1 Å². The maximum atomic E-state index is 13.7. The van der Waals surface area contributed by atoms with Gasteiger partial charge >= 0.3 is 0 Å². The SMILES string of the molecule is [2H]C([2H])([2H])Oc1ccc([C@H](N2C(=O)c3cccc(NC(C)=O)c3C2=O)C([3H])([3H])S(=O)(=O)C([2H])([2H])[2H])cc1OC([2H])([2H])C([2H])([2H])[2H]. The van der Waals surface area contributed by atoms with E-state index in [1.54, 1.807) is 0 Å². The van der Waals surface area contributed by atoms with Gasteiger partial charge in [-0.1, -0.05) is 12.1 Å². The lowest BCUT2D eigenvalue weighted by Gasteiger charge is -2.27. The second-order valence-corrected chi connectivity index (χ2v) is 7.67. The molecular formula is C22H24N2O7S. The summed E-state index contributed by atoms with van der Waals surface area (Å²) >= 11 is 0. The molecule has 0 aromatic heterocycles. The minimum Gasteiger partial charge on any atom is -0.493 e. The van der Waals surface area contributed by atoms with E-state index in [4.69, 9.17) is 27.3 Å². The van der Waals surface area contributed by atoms with Gasteiger partial charge in [0.25, 0.3) is 11.8 Å². The molecule has 0 bridgehead atoms. The van der Waals surface area contributed by atoms with Gasteiger partial charge in [0.1, 0.15) is 9.84 Å². The highest BCUT2D eigenvalue weighted by Gasteiger charge is 2.43. The van der Waals surface area contributed by atoms with Crippen molar-refractivity contribution in [1.29, 1.82) is 0 Å². The number of nitrogens with one attached hydrogen (secondary N) is 1. The lowest BCUT2D eigenvalue weighted by molar-refractivity contribution is -0.114. The molecule has 10 heteroatoms. The van der Waals surface area contributed by atoms with Crippen LogP contribution in [-0.4, -0.2) is 56.5 Å². The summed E-state index contributed by atoms with van der Waals surface area (Å²) in [5.74, 6) is -5.29. The highest BCUT2D eigenvalue weighted by molar-refractivity contribution is 7.90. The van der Waals surface area contributed by atoms with Gasteiger partial charge in [0.2, 0.25) is 5.91 Å². The molecule has 0 radical (unpaired) electrons. The van der Waals surface area contributed by atoms with Gasteiger partial charge < -0.3 is 14.8 Å². The Balaban J connectivity index is 2.38. The van der Waals surface area contributed by atoms with Crippen LogP contribution >= 0.6 is 0 Å². The summed E-state index contributed by atoms with van der Waals surface area (Å²) in [5.41, 5.74) is -5.99. The molecule has 32 heavy (non-hydrogen) atoms. The Morgan fingerprint density at radius 2 is 2.09 bits per heavy atom. The molecule has 0 spiro atoms. The van der Waals surface area contributed by atoms with Crippen LogP contribution in [0.3, 0.4) is 0 Å². The zero-order valence-corrected chi connectivity index (χ0v) is 17.1. The summed E-state index contributed by atoms with van der Waals surface area (Å²) < 4.78 is 135. The molecule has 1 atom stereocenters. The predicted molar refractivity (Wildman–Crippen MR) is 118 cm³/mol. The fourth-order valence-electron chi connectivity index (χ4n) is 3.16. The summed E-state index contributed by atoms with van der Waals surface area (Å²) in [6.45, 7) is -6.01. The number of imide groups is 1. The minimum absolute atomic E-state index is 0.0705. The van der Waals surface area contributed by atoms with Crippen LogP contribution in [-0.2, 0) is 14.6 Å². The first-order chi connectivity index (χ1) is 20.1. The van der Waals surface area contributed by atoms with E-state index in [1.807, 2.05) is 0 Å². The molecule has 3 rings (SSSR count). The molecule has 0 saturated heterocycles. The molecule has 1 aliphatic rings. The van der Waals surface area contributed by atoms with Crippen LogP contribution in [0.2, 0.25) is 0 Å². The third-order valence-electron chi connectivity index (χ3n) is 4.34. The quantitative estimate of drug-likeness (QED) is 0.582. The highest BCUT2D eigenvalue weighted by atomic mass is 32.2. The van der Waals surface area contributed by atoms with Crippen molar-refractivity contribution in [3.05, 3.63) is 53.1 Å². The first kappa shape index (κ1) is 11.5. The van der Waals surface area contributed by atoms with Gasteiger partial charge in [-0.25, -0.2) is 8.42 Å². The van der Waals surface area contributed by atoms with E-state index in [9.17, 15) is 22.8 Å². The van der Waals surface area contributed by atoms with Crippen molar-refractivity contribution < 1.29 is 50.1 Å². The van der Waals surface area contributed by atoms with E-state index in [1.165, 1.54) is 12.1 Å². The van der Waals surface area contributed by atoms with E-state index >= 15 is 0 Å². The second kappa shape index (κ2) is 8.99. The van der Waals surface area contributed by atoms with Crippen molar-refractivity contribution in [2.75, 3.05) is 30.8 Å². The summed E-state index contributed by atoms with van der Waals surface area (Å²) in [7, 11) is -9.19. The van der Waals surface area contributed by atoms with Crippen LogP contribution in [0.5, 0.6) is 11.5 Å². The number of nitrogens with zero attached hydrogens (tertiary/aromatic N) is 1. The van der Waals surface area contributed by atoms with Crippen molar-refractivity contribution in [3.63, 3.8) is 0 Å². The van der Waals surface area contributed by atoms with Crippen LogP contribution < -0.4 is 14.8 Å². The molecule has 2 aromatic rings. The number of amides is 3. The Morgan fingerprint density at radius 3 is 2.78 bits per heavy atom. The Hall–Kier alpha value is -3.40. The first-order valence-electron chi connectivity index (χ1n) is 15.2. The lowest BCUT2D eigenvalue weighted by Crippen LogP contribution is -2.37. The maximum Gasteiger partial charge on any atom is 0.264 e. The number of carbonyl (C=O) groups excluding carboxylic acids is 3. The van der Waals surface area contributed by atoms with Crippen molar-refractivity contribution in [1.82, 2.24) is 4.90 Å². The normalized spacial score (nSPS) is 22.3. The standard InChI is InChI=1S/C22H24N2O7S/c1-5-31-19-11-14(9-10-18(19)30-3)17(12-32(4,28)29)24-21(26)15-7-6-8-16(23-13(2)25)20(15)22(24)27/h6-11,17H,5,12H2,1-4H3,(H,23,25)/t17-/m1/s1/i1D3,3D3,4D3,5D2,12T2. The fraction of sp³-hybridized carbons (Fsp3) is 0.318. The van der Waals surface area contributed by atoms with Gasteiger partial charge in [-0.3, -0.25) is 19.3 Å². The van der Waals surface area contributed by atoms with E-state index in [-0.39, 0.29) is 10.6 Å². The van der Waals surface area contributed by atoms with Crippen LogP contribution in [0, 0.1) is 0 Å². The van der Waals surface area contributed by atoms with Crippen molar-refractivity contribution in [2.24, 2.45) is 0 Å². The molecule has 0 unspecified atom stereocenters. The van der Waals surface area contributed by atoms with Crippen LogP contribution in [0.15, 0.2) is 36.4 Å². The van der Waals surface area contributed by atoms with Crippen LogP contribution in [0.25, 0.3) is 0 Å². The van der Waals surface area contributed by atoms with Crippen molar-refractivity contribution in [2.45, 2.75) is 19.8 Å². The van der Waals surface area contributed by atoms with Gasteiger partial charge in [0.15, 0.2) is 11.5 Å². The average molecular weight is 476 g/mol. The van der Waals surface area contributed by atoms with Gasteiger partial charge in [-0.2, -0.15) is 0 Å². The van der Waals surface area contributed by atoms with E-state index in [0.717, 1.165) is 19.1 Å². The number of rotatable bonds is 8. The Kier molecular flexibility index (Phi) is 3.22. The number of sulfone groups is 1. The molecular weight excluding hydrogens is 436 g/mol. The molecule has 2 aromatic carbocycles. The first-order valence-corrected chi connectivity index (χ1v) is 10.2. The lowest BCUT2D eigenvalue weighted by atomic mass is 10.1. The summed E-state index contributed by atoms with van der Waals surface area (Å²) in [4.78, 5) is 39.1. The zero-order chi connectivity index (χ0) is 34.7. The summed E-state index contributed by atoms with van der Waals surface area (Å²) in [6.07, 6.45) is -4.06. The van der Waals surface area contributed by atoms with Gasteiger partial charge in [-0.15, -0.1) is 0 Å². The fourth-order valence-corrected chi connectivity index (χ4v) is 3.70. The average Bonchev–Trinajstić information content (AvgIpc) is 3.08. The second-order valence-electron chi connectivity index (χ2n) is 6.43. The molecule has 0 fully saturated rings. The Bertz CT molecular complexity index is 1650. The number of ether oxygens (including phenoxy) is 2. The molecule has 1 heterocycles. The maximum absolute atomic E-state index is 13.7. The molecule has 0 saturated carbocycles. The number of methoxy groups -OCH3 is 1. The monoisotopic (exact) mass is 475 g/mol. The van der Waals surface area contributed by atoms with Gasteiger partial charge in [-0.05, 0) is 36.7 Å². The third kappa shape index (κ3) is 4.59. The number of carbonyl (C=O) groups is 3. The highest BCUT2D eigenvalue weighted by Crippen LogP contribution is 2.38. The number of fused-ring (bicyclic) bond motifs is 1. The van der Waals surface area contributed by atoms with Crippen molar-refractivity contribution in [3.8, 4) is 11.5 Å². The zero-order valence-electron chi connectivity index (χ0n) is 29.3. The summed E-state index contributed by atoms with van der Waals surface area (Å²) in [6, 6.07) is 2.78. The van der Waals surface area contributed by atoms with Crippen molar-refractivity contribution >= 4 is 33.2 Å². The van der Waals surface area contributed by atoms with Gasteiger partial charge in [0, 0.05) is 24.1 Å². The predicted octanol–water partition coefficient (Wildman–Crippen LogP) is 2.43. The summed E-state index contributed by atoms with van der Waals surface area (Å²) in [5, 5.41) is 2.30. The molecule has 1 N–H and O–H groups in total. The minimum atomic E-state index is -5.94. The Labute approximate surface area is 204 Å². The number of hydrogen-bond donors (Lipinski definition) is 1. The third-order valence-corrected chi connectivity index (χ3v) is 4.87. The van der Waals surface area contributed by atoms with E-state index in [2.05, 4.69) is 5.32 Å². The molecule has 1 aliphatic heterocycles. The van der Waals surface area contributed by atoms with Crippen LogP contribution in [0.1, 0.15) is 63.9 Å².